The van der Waals surface area contributed by atoms with Gasteiger partial charge in [-0.3, -0.25) is 9.59 Å². The summed E-state index contributed by atoms with van der Waals surface area (Å²) in [5.74, 6) is 0.216. The van der Waals surface area contributed by atoms with E-state index in [1.165, 1.54) is 0 Å². The highest BCUT2D eigenvalue weighted by Crippen LogP contribution is 2.24. The normalized spacial score (nSPS) is 33.3. The molecule has 2 atom stereocenters. The van der Waals surface area contributed by atoms with E-state index in [4.69, 9.17) is 0 Å². The van der Waals surface area contributed by atoms with E-state index in [2.05, 4.69) is 0 Å². The van der Waals surface area contributed by atoms with Crippen molar-refractivity contribution in [2.24, 2.45) is 0 Å². The van der Waals surface area contributed by atoms with Gasteiger partial charge in [-0.25, -0.2) is 0 Å². The van der Waals surface area contributed by atoms with Crippen LogP contribution in [0.5, 0.6) is 0 Å². The van der Waals surface area contributed by atoms with Gasteiger partial charge < -0.3 is 9.80 Å². The summed E-state index contributed by atoms with van der Waals surface area (Å²) in [6.07, 6.45) is 2.93. The van der Waals surface area contributed by atoms with Gasteiger partial charge in [0.05, 0.1) is 0 Å². The molecule has 0 saturated carbocycles. The number of hydrogen-bond acceptors (Lipinski definition) is 2. The van der Waals surface area contributed by atoms with Crippen LogP contribution in [0.1, 0.15) is 26.2 Å². The van der Waals surface area contributed by atoms with Crippen LogP contribution in [0.4, 0.5) is 0 Å². The predicted molar refractivity (Wildman–Crippen MR) is 51.6 cm³/mol. The summed E-state index contributed by atoms with van der Waals surface area (Å²) in [7, 11) is 1.72. The summed E-state index contributed by atoms with van der Waals surface area (Å²) in [4.78, 5) is 27.0. The van der Waals surface area contributed by atoms with Gasteiger partial charge in [-0.15, -0.1) is 0 Å². The smallest absolute Gasteiger partial charge is 0.245 e. The molecular formula is C10H16N2O2. The Bertz CT molecular complexity index is 249. The lowest BCUT2D eigenvalue weighted by atomic mass is 9.96. The molecule has 2 aliphatic heterocycles. The highest BCUT2D eigenvalue weighted by Gasteiger charge is 2.42. The Kier molecular flexibility index (Phi) is 2.21. The molecule has 2 aliphatic rings. The van der Waals surface area contributed by atoms with Gasteiger partial charge in [0, 0.05) is 13.6 Å². The zero-order valence-corrected chi connectivity index (χ0v) is 8.69. The van der Waals surface area contributed by atoms with Crippen molar-refractivity contribution in [1.82, 2.24) is 9.80 Å². The first kappa shape index (κ1) is 9.49. The average Bonchev–Trinajstić information content (AvgIpc) is 2.23. The molecule has 14 heavy (non-hydrogen) atoms. The summed E-state index contributed by atoms with van der Waals surface area (Å²) in [5, 5.41) is 0. The van der Waals surface area contributed by atoms with Crippen molar-refractivity contribution in [2.45, 2.75) is 38.3 Å². The first-order valence-electron chi connectivity index (χ1n) is 5.20. The van der Waals surface area contributed by atoms with Crippen molar-refractivity contribution in [2.75, 3.05) is 13.6 Å². The number of nitrogens with zero attached hydrogens (tertiary/aromatic N) is 2. The van der Waals surface area contributed by atoms with E-state index in [1.54, 1.807) is 23.8 Å². The van der Waals surface area contributed by atoms with Crippen LogP contribution in [-0.4, -0.2) is 47.3 Å². The maximum absolute atomic E-state index is 11.8. The second-order valence-corrected chi connectivity index (χ2v) is 4.17. The molecule has 0 aromatic rings. The van der Waals surface area contributed by atoms with Crippen LogP contribution in [-0.2, 0) is 9.59 Å². The van der Waals surface area contributed by atoms with Crippen molar-refractivity contribution < 1.29 is 9.59 Å². The Morgan fingerprint density at radius 1 is 1.21 bits per heavy atom. The molecule has 0 N–H and O–H groups in total. The molecule has 4 nitrogen and oxygen atoms in total. The largest absolute Gasteiger partial charge is 0.332 e. The minimum absolute atomic E-state index is 0.108. The highest BCUT2D eigenvalue weighted by molar-refractivity contribution is 5.96. The lowest BCUT2D eigenvalue weighted by molar-refractivity contribution is -0.161. The molecular weight excluding hydrogens is 180 g/mol. The second kappa shape index (κ2) is 3.26. The predicted octanol–water partition coefficient (Wildman–Crippen LogP) is 0.228. The highest BCUT2D eigenvalue weighted by atomic mass is 16.2. The van der Waals surface area contributed by atoms with Crippen molar-refractivity contribution in [3.05, 3.63) is 0 Å². The molecule has 0 spiro atoms. The molecule has 2 fully saturated rings. The standard InChI is InChI=1S/C10H16N2O2/c1-7-9(13)12-6-4-3-5-8(12)10(14)11(7)2/h7-8H,3-6H2,1-2H3. The summed E-state index contributed by atoms with van der Waals surface area (Å²) in [5.41, 5.74) is 0. The van der Waals surface area contributed by atoms with Crippen molar-refractivity contribution in [1.29, 1.82) is 0 Å². The molecule has 0 aliphatic carbocycles. The zero-order chi connectivity index (χ0) is 10.3. The van der Waals surface area contributed by atoms with E-state index in [0.29, 0.717) is 0 Å². The molecule has 0 bridgehead atoms. The number of piperazine rings is 1. The Hall–Kier alpha value is -1.06. The fraction of sp³-hybridized carbons (Fsp3) is 0.800. The van der Waals surface area contributed by atoms with E-state index in [1.807, 2.05) is 0 Å². The summed E-state index contributed by atoms with van der Waals surface area (Å²) in [6, 6.07) is -0.450. The number of hydrogen-bond donors (Lipinski definition) is 0. The van der Waals surface area contributed by atoms with E-state index >= 15 is 0 Å². The summed E-state index contributed by atoms with van der Waals surface area (Å²) in [6.45, 7) is 2.55. The van der Waals surface area contributed by atoms with Gasteiger partial charge >= 0.3 is 0 Å². The molecule has 0 aromatic carbocycles. The number of piperidine rings is 1. The van der Waals surface area contributed by atoms with Gasteiger partial charge in [0.2, 0.25) is 11.8 Å². The van der Waals surface area contributed by atoms with Gasteiger partial charge in [-0.05, 0) is 26.2 Å². The second-order valence-electron chi connectivity index (χ2n) is 4.17. The number of likely N-dealkylation sites (N-methyl/N-ethyl adjacent to an activating group) is 1. The topological polar surface area (TPSA) is 40.6 Å². The molecule has 78 valence electrons. The van der Waals surface area contributed by atoms with Gasteiger partial charge in [-0.1, -0.05) is 0 Å². The zero-order valence-electron chi connectivity index (χ0n) is 8.69. The monoisotopic (exact) mass is 196 g/mol. The first-order chi connectivity index (χ1) is 6.63. The van der Waals surface area contributed by atoms with E-state index < -0.39 is 0 Å². The minimum atomic E-state index is -0.281. The Morgan fingerprint density at radius 2 is 1.93 bits per heavy atom. The first-order valence-corrected chi connectivity index (χ1v) is 5.20. The number of rotatable bonds is 0. The van der Waals surface area contributed by atoms with Crippen molar-refractivity contribution in [3.63, 3.8) is 0 Å². The van der Waals surface area contributed by atoms with Crippen LogP contribution in [0, 0.1) is 0 Å². The Balaban J connectivity index is 2.25. The number of amides is 2. The van der Waals surface area contributed by atoms with Crippen molar-refractivity contribution >= 4 is 11.8 Å². The Labute approximate surface area is 83.9 Å². The van der Waals surface area contributed by atoms with Crippen molar-refractivity contribution in [3.8, 4) is 0 Å². The van der Waals surface area contributed by atoms with Crippen LogP contribution >= 0.6 is 0 Å². The Morgan fingerprint density at radius 3 is 2.64 bits per heavy atom. The SMILES string of the molecule is CC1C(=O)N2CCCCC2C(=O)N1C. The third-order valence-corrected chi connectivity index (χ3v) is 3.36. The van der Waals surface area contributed by atoms with Crippen LogP contribution < -0.4 is 0 Å². The number of carbonyl (C=O) groups is 2. The molecule has 2 heterocycles. The maximum atomic E-state index is 11.8. The average molecular weight is 196 g/mol. The van der Waals surface area contributed by atoms with Crippen LogP contribution in [0.3, 0.4) is 0 Å². The van der Waals surface area contributed by atoms with E-state index in [-0.39, 0.29) is 23.9 Å². The third-order valence-electron chi connectivity index (χ3n) is 3.36. The van der Waals surface area contributed by atoms with Crippen LogP contribution in [0.25, 0.3) is 0 Å². The maximum Gasteiger partial charge on any atom is 0.245 e. The molecule has 0 aromatic heterocycles. The molecule has 2 unspecified atom stereocenters. The van der Waals surface area contributed by atoms with Crippen LogP contribution in [0.2, 0.25) is 0 Å². The third kappa shape index (κ3) is 1.21. The van der Waals surface area contributed by atoms with Gasteiger partial charge in [0.15, 0.2) is 0 Å². The minimum Gasteiger partial charge on any atom is -0.332 e. The van der Waals surface area contributed by atoms with Gasteiger partial charge in [-0.2, -0.15) is 0 Å². The number of fused-ring (bicyclic) bond motifs is 1. The number of carbonyl (C=O) groups excluding carboxylic acids is 2. The fourth-order valence-electron chi connectivity index (χ4n) is 2.28. The lowest BCUT2D eigenvalue weighted by Gasteiger charge is -2.44. The summed E-state index contributed by atoms with van der Waals surface area (Å²) >= 11 is 0. The van der Waals surface area contributed by atoms with E-state index in [0.717, 1.165) is 25.8 Å². The molecule has 4 heteroatoms. The molecule has 2 saturated heterocycles. The molecule has 2 rings (SSSR count). The van der Waals surface area contributed by atoms with Gasteiger partial charge in [0.25, 0.3) is 0 Å². The lowest BCUT2D eigenvalue weighted by Crippen LogP contribution is -2.63. The fourth-order valence-corrected chi connectivity index (χ4v) is 2.28. The van der Waals surface area contributed by atoms with Crippen LogP contribution in [0.15, 0.2) is 0 Å². The van der Waals surface area contributed by atoms with Gasteiger partial charge in [0.1, 0.15) is 12.1 Å². The molecule has 2 amide bonds. The quantitative estimate of drug-likeness (QED) is 0.556. The molecule has 0 radical (unpaired) electrons. The summed E-state index contributed by atoms with van der Waals surface area (Å²) < 4.78 is 0. The van der Waals surface area contributed by atoms with E-state index in [9.17, 15) is 9.59 Å².